The van der Waals surface area contributed by atoms with Crippen LogP contribution in [0.1, 0.15) is 18.2 Å². The standard InChI is InChI=1S/C15H17ClN4O3.ClH/c1-7(17)15(23)20-3-2-11-9(6-20)14(19-18-11)8-4-10(16)13(22)5-12(8)21;/h4-5,7,21-22H,2-3,6,17H2,1H3,(H,18,19);1H/t7-;/m0./s1. The van der Waals surface area contributed by atoms with Crippen LogP contribution in [0.15, 0.2) is 12.1 Å². The molecule has 7 nitrogen and oxygen atoms in total. The van der Waals surface area contributed by atoms with Gasteiger partial charge in [0.05, 0.1) is 11.1 Å². The van der Waals surface area contributed by atoms with Crippen LogP contribution < -0.4 is 5.73 Å². The number of benzene rings is 1. The van der Waals surface area contributed by atoms with Gasteiger partial charge < -0.3 is 20.8 Å². The molecule has 3 rings (SSSR count). The summed E-state index contributed by atoms with van der Waals surface area (Å²) < 4.78 is 0. The molecule has 2 heterocycles. The summed E-state index contributed by atoms with van der Waals surface area (Å²) in [6, 6.07) is 2.06. The lowest BCUT2D eigenvalue weighted by atomic mass is 10.00. The number of aromatic hydroxyl groups is 2. The van der Waals surface area contributed by atoms with Crippen LogP contribution in [0.25, 0.3) is 11.3 Å². The molecule has 130 valence electrons. The molecule has 1 amide bonds. The molecular formula is C15H18Cl2N4O3. The van der Waals surface area contributed by atoms with E-state index in [9.17, 15) is 15.0 Å². The summed E-state index contributed by atoms with van der Waals surface area (Å²) in [5, 5.41) is 26.9. The molecule has 1 aromatic carbocycles. The zero-order valence-electron chi connectivity index (χ0n) is 12.9. The fraction of sp³-hybridized carbons (Fsp3) is 0.333. The molecule has 9 heteroatoms. The molecule has 0 fully saturated rings. The van der Waals surface area contributed by atoms with Crippen molar-refractivity contribution in [2.75, 3.05) is 6.54 Å². The summed E-state index contributed by atoms with van der Waals surface area (Å²) in [7, 11) is 0. The zero-order chi connectivity index (χ0) is 16.7. The summed E-state index contributed by atoms with van der Waals surface area (Å²) in [4.78, 5) is 13.8. The summed E-state index contributed by atoms with van der Waals surface area (Å²) in [5.74, 6) is -0.460. The zero-order valence-corrected chi connectivity index (χ0v) is 14.5. The van der Waals surface area contributed by atoms with Crippen LogP contribution >= 0.6 is 24.0 Å². The van der Waals surface area contributed by atoms with Crippen LogP contribution in [0.4, 0.5) is 0 Å². The Labute approximate surface area is 149 Å². The summed E-state index contributed by atoms with van der Waals surface area (Å²) >= 11 is 5.93. The molecule has 0 saturated carbocycles. The van der Waals surface area contributed by atoms with Crippen molar-refractivity contribution in [3.8, 4) is 22.8 Å². The number of halogens is 2. The summed E-state index contributed by atoms with van der Waals surface area (Å²) in [5.41, 5.74) is 8.33. The van der Waals surface area contributed by atoms with Gasteiger partial charge in [-0.15, -0.1) is 12.4 Å². The number of fused-ring (bicyclic) bond motifs is 1. The monoisotopic (exact) mass is 372 g/mol. The Bertz CT molecular complexity index is 776. The molecule has 1 aromatic heterocycles. The second-order valence-corrected chi connectivity index (χ2v) is 6.06. The Kier molecular flexibility index (Phi) is 5.27. The molecule has 24 heavy (non-hydrogen) atoms. The Hall–Kier alpha value is -1.96. The largest absolute Gasteiger partial charge is 0.507 e. The van der Waals surface area contributed by atoms with Crippen LogP contribution in [-0.4, -0.2) is 43.8 Å². The van der Waals surface area contributed by atoms with E-state index in [0.29, 0.717) is 30.8 Å². The van der Waals surface area contributed by atoms with Crippen LogP contribution in [-0.2, 0) is 17.8 Å². The lowest BCUT2D eigenvalue weighted by Crippen LogP contribution is -2.44. The van der Waals surface area contributed by atoms with Crippen molar-refractivity contribution in [3.05, 3.63) is 28.4 Å². The molecule has 1 aliphatic heterocycles. The molecule has 0 unspecified atom stereocenters. The Morgan fingerprint density at radius 1 is 1.42 bits per heavy atom. The first-order chi connectivity index (χ1) is 10.9. The molecule has 1 atom stereocenters. The maximum absolute atomic E-state index is 12.1. The van der Waals surface area contributed by atoms with Gasteiger partial charge in [-0.1, -0.05) is 11.6 Å². The van der Waals surface area contributed by atoms with Crippen LogP contribution in [0.3, 0.4) is 0 Å². The van der Waals surface area contributed by atoms with Crippen molar-refractivity contribution in [1.29, 1.82) is 0 Å². The van der Waals surface area contributed by atoms with Gasteiger partial charge in [-0.2, -0.15) is 5.10 Å². The van der Waals surface area contributed by atoms with E-state index in [4.69, 9.17) is 17.3 Å². The highest BCUT2D eigenvalue weighted by molar-refractivity contribution is 6.32. The number of rotatable bonds is 2. The van der Waals surface area contributed by atoms with Gasteiger partial charge in [0, 0.05) is 42.4 Å². The van der Waals surface area contributed by atoms with E-state index in [2.05, 4.69) is 10.2 Å². The van der Waals surface area contributed by atoms with Gasteiger partial charge in [-0.25, -0.2) is 0 Å². The van der Waals surface area contributed by atoms with Gasteiger partial charge >= 0.3 is 0 Å². The summed E-state index contributed by atoms with van der Waals surface area (Å²) in [6.45, 7) is 2.58. The van der Waals surface area contributed by atoms with E-state index in [1.165, 1.54) is 12.1 Å². The minimum Gasteiger partial charge on any atom is -0.507 e. The Morgan fingerprint density at radius 3 is 2.79 bits per heavy atom. The van der Waals surface area contributed by atoms with E-state index in [-0.39, 0.29) is 34.8 Å². The average Bonchev–Trinajstić information content (AvgIpc) is 2.93. The number of nitrogens with one attached hydrogen (secondary N) is 1. The van der Waals surface area contributed by atoms with Gasteiger partial charge in [0.15, 0.2) is 0 Å². The first kappa shape index (κ1) is 18.4. The van der Waals surface area contributed by atoms with E-state index < -0.39 is 6.04 Å². The molecular weight excluding hydrogens is 355 g/mol. The number of phenolic OH excluding ortho intramolecular Hbond substituents is 2. The van der Waals surface area contributed by atoms with Crippen molar-refractivity contribution < 1.29 is 15.0 Å². The lowest BCUT2D eigenvalue weighted by Gasteiger charge is -2.28. The number of aromatic nitrogens is 2. The van der Waals surface area contributed by atoms with Gasteiger partial charge in [-0.3, -0.25) is 9.89 Å². The number of H-pyrrole nitrogens is 1. The normalized spacial score (nSPS) is 14.7. The topological polar surface area (TPSA) is 115 Å². The van der Waals surface area contributed by atoms with Gasteiger partial charge in [0.2, 0.25) is 5.91 Å². The number of phenols is 2. The lowest BCUT2D eigenvalue weighted by molar-refractivity contribution is -0.133. The van der Waals surface area contributed by atoms with Crippen molar-refractivity contribution in [2.45, 2.75) is 25.9 Å². The third-order valence-electron chi connectivity index (χ3n) is 3.95. The van der Waals surface area contributed by atoms with Crippen molar-refractivity contribution >= 4 is 29.9 Å². The predicted molar refractivity (Wildman–Crippen MR) is 92.4 cm³/mol. The number of nitrogens with zero attached hydrogens (tertiary/aromatic N) is 2. The van der Waals surface area contributed by atoms with Gasteiger partial charge in [-0.05, 0) is 13.0 Å². The highest BCUT2D eigenvalue weighted by Crippen LogP contribution is 2.39. The number of carbonyl (C=O) groups is 1. The first-order valence-corrected chi connectivity index (χ1v) is 7.58. The maximum atomic E-state index is 12.1. The quantitative estimate of drug-likeness (QED) is 0.641. The van der Waals surface area contributed by atoms with Crippen LogP contribution in [0, 0.1) is 0 Å². The number of carbonyl (C=O) groups excluding carboxylic acids is 1. The maximum Gasteiger partial charge on any atom is 0.239 e. The van der Waals surface area contributed by atoms with Crippen molar-refractivity contribution in [3.63, 3.8) is 0 Å². The molecule has 0 spiro atoms. The summed E-state index contributed by atoms with van der Waals surface area (Å²) in [6.07, 6.45) is 0.632. The van der Waals surface area contributed by atoms with Crippen LogP contribution in [0.5, 0.6) is 11.5 Å². The van der Waals surface area contributed by atoms with E-state index in [0.717, 1.165) is 11.3 Å². The third-order valence-corrected chi connectivity index (χ3v) is 4.26. The SMILES string of the molecule is C[C@H](N)C(=O)N1CCc2[nH]nc(-c3cc(Cl)c(O)cc3O)c2C1.Cl. The minimum atomic E-state index is -0.566. The van der Waals surface area contributed by atoms with E-state index >= 15 is 0 Å². The molecule has 0 saturated heterocycles. The number of hydrogen-bond donors (Lipinski definition) is 4. The molecule has 1 aliphatic rings. The minimum absolute atomic E-state index is 0. The van der Waals surface area contributed by atoms with Gasteiger partial charge in [0.1, 0.15) is 17.2 Å². The fourth-order valence-corrected chi connectivity index (χ4v) is 2.90. The average molecular weight is 373 g/mol. The van der Waals surface area contributed by atoms with E-state index in [1.807, 2.05) is 0 Å². The molecule has 0 bridgehead atoms. The number of nitrogens with two attached hydrogens (primary N) is 1. The van der Waals surface area contributed by atoms with Crippen molar-refractivity contribution in [1.82, 2.24) is 15.1 Å². The van der Waals surface area contributed by atoms with Crippen LogP contribution in [0.2, 0.25) is 5.02 Å². The number of aromatic amines is 1. The highest BCUT2D eigenvalue weighted by atomic mass is 35.5. The van der Waals surface area contributed by atoms with Gasteiger partial charge in [0.25, 0.3) is 0 Å². The highest BCUT2D eigenvalue weighted by Gasteiger charge is 2.28. The molecule has 0 aliphatic carbocycles. The predicted octanol–water partition coefficient (Wildman–Crippen LogP) is 1.79. The Balaban J connectivity index is 0.00000208. The molecule has 5 N–H and O–H groups in total. The molecule has 2 aromatic rings. The first-order valence-electron chi connectivity index (χ1n) is 7.20. The second kappa shape index (κ2) is 6.88. The number of amides is 1. The molecule has 0 radical (unpaired) electrons. The number of hydrogen-bond acceptors (Lipinski definition) is 5. The third kappa shape index (κ3) is 3.15. The van der Waals surface area contributed by atoms with E-state index in [1.54, 1.807) is 11.8 Å². The smallest absolute Gasteiger partial charge is 0.239 e. The van der Waals surface area contributed by atoms with Crippen molar-refractivity contribution in [2.24, 2.45) is 5.73 Å². The second-order valence-electron chi connectivity index (χ2n) is 5.65. The Morgan fingerprint density at radius 2 is 2.12 bits per heavy atom. The fourth-order valence-electron chi connectivity index (χ4n) is 2.73.